The van der Waals surface area contributed by atoms with Crippen LogP contribution < -0.4 is 10.3 Å². The number of pyridine rings is 1. The number of hydrogen-bond acceptors (Lipinski definition) is 5. The van der Waals surface area contributed by atoms with E-state index in [1.807, 2.05) is 44.2 Å². The van der Waals surface area contributed by atoms with Crippen LogP contribution in [0.25, 0.3) is 0 Å². The second-order valence-corrected chi connectivity index (χ2v) is 9.14. The van der Waals surface area contributed by atoms with Crippen LogP contribution in [0.5, 0.6) is 5.75 Å². The van der Waals surface area contributed by atoms with Gasteiger partial charge in [-0.25, -0.2) is 0 Å². The highest BCUT2D eigenvalue weighted by molar-refractivity contribution is 6.02. The molecule has 2 aliphatic rings. The number of nitrogens with zero attached hydrogens (tertiary/aromatic N) is 2. The zero-order valence-electron chi connectivity index (χ0n) is 18.1. The average Bonchev–Trinajstić information content (AvgIpc) is 2.73. The number of ether oxygens (including phenoxy) is 1. The summed E-state index contributed by atoms with van der Waals surface area (Å²) in [6.07, 6.45) is 1.05. The standard InChI is InChI=1S/C24H29N3O4/c1-24(2)15-20-18(21(28)16-24)14-19(22(29)25-20)23(30)27-10-8-26(9-11-27)12-13-31-17-6-4-3-5-7-17/h3-7,14H,8-13,15-16H2,1-2H3,(H,25,29). The quantitative estimate of drug-likeness (QED) is 0.798. The van der Waals surface area contributed by atoms with E-state index in [0.29, 0.717) is 43.8 Å². The fourth-order valence-corrected chi connectivity index (χ4v) is 4.34. The van der Waals surface area contributed by atoms with Crippen LogP contribution in [0.4, 0.5) is 0 Å². The number of fused-ring (bicyclic) bond motifs is 1. The highest BCUT2D eigenvalue weighted by Gasteiger charge is 2.33. The van der Waals surface area contributed by atoms with Gasteiger partial charge in [0.05, 0.1) is 0 Å². The molecular weight excluding hydrogens is 394 g/mol. The van der Waals surface area contributed by atoms with E-state index in [0.717, 1.165) is 25.4 Å². The Kier molecular flexibility index (Phi) is 5.96. The fourth-order valence-electron chi connectivity index (χ4n) is 4.34. The number of Topliss-reactive ketones (excluding diaryl/α,β-unsaturated/α-hetero) is 1. The van der Waals surface area contributed by atoms with Gasteiger partial charge in [0.15, 0.2) is 5.78 Å². The molecule has 0 radical (unpaired) electrons. The number of piperazine rings is 1. The summed E-state index contributed by atoms with van der Waals surface area (Å²) < 4.78 is 5.75. The molecule has 0 spiro atoms. The van der Waals surface area contributed by atoms with Crippen LogP contribution >= 0.6 is 0 Å². The smallest absolute Gasteiger partial charge is 0.261 e. The monoisotopic (exact) mass is 423 g/mol. The molecule has 1 aromatic heterocycles. The number of carbonyl (C=O) groups excluding carboxylic acids is 2. The average molecular weight is 424 g/mol. The molecule has 1 aromatic carbocycles. The molecule has 7 heteroatoms. The van der Waals surface area contributed by atoms with Gasteiger partial charge in [0.2, 0.25) is 0 Å². The first kappa shape index (κ1) is 21.3. The van der Waals surface area contributed by atoms with Crippen molar-refractivity contribution >= 4 is 11.7 Å². The van der Waals surface area contributed by atoms with E-state index in [1.165, 1.54) is 6.07 Å². The Bertz CT molecular complexity index is 1020. The van der Waals surface area contributed by atoms with Crippen molar-refractivity contribution in [3.63, 3.8) is 0 Å². The van der Waals surface area contributed by atoms with Gasteiger partial charge in [-0.2, -0.15) is 0 Å². The van der Waals surface area contributed by atoms with Crippen LogP contribution in [0, 0.1) is 5.41 Å². The van der Waals surface area contributed by atoms with Crippen LogP contribution in [-0.2, 0) is 6.42 Å². The SMILES string of the molecule is CC1(C)CC(=O)c2cc(C(=O)N3CCN(CCOc4ccccc4)CC3)c(=O)[nH]c2C1. The van der Waals surface area contributed by atoms with E-state index in [2.05, 4.69) is 9.88 Å². The molecule has 0 bridgehead atoms. The highest BCUT2D eigenvalue weighted by atomic mass is 16.5. The zero-order valence-corrected chi connectivity index (χ0v) is 18.1. The molecular formula is C24H29N3O4. The van der Waals surface area contributed by atoms with Crippen LogP contribution in [-0.4, -0.2) is 65.8 Å². The van der Waals surface area contributed by atoms with Crippen molar-refractivity contribution < 1.29 is 14.3 Å². The summed E-state index contributed by atoms with van der Waals surface area (Å²) in [7, 11) is 0. The molecule has 1 aliphatic heterocycles. The largest absolute Gasteiger partial charge is 0.492 e. The van der Waals surface area contributed by atoms with Crippen LogP contribution in [0.2, 0.25) is 0 Å². The number of para-hydroxylation sites is 1. The minimum atomic E-state index is -0.409. The molecule has 1 fully saturated rings. The van der Waals surface area contributed by atoms with E-state index < -0.39 is 5.56 Å². The third kappa shape index (κ3) is 4.88. The van der Waals surface area contributed by atoms with Crippen LogP contribution in [0.1, 0.15) is 46.7 Å². The van der Waals surface area contributed by atoms with Crippen molar-refractivity contribution in [1.29, 1.82) is 0 Å². The lowest BCUT2D eigenvalue weighted by molar-refractivity contribution is 0.0618. The van der Waals surface area contributed by atoms with Crippen molar-refractivity contribution in [2.45, 2.75) is 26.7 Å². The summed E-state index contributed by atoms with van der Waals surface area (Å²) in [6, 6.07) is 11.2. The maximum Gasteiger partial charge on any atom is 0.261 e. The number of nitrogens with one attached hydrogen (secondary N) is 1. The maximum absolute atomic E-state index is 13.0. The van der Waals surface area contributed by atoms with E-state index in [-0.39, 0.29) is 22.7 Å². The van der Waals surface area contributed by atoms with E-state index in [4.69, 9.17) is 4.74 Å². The molecule has 31 heavy (non-hydrogen) atoms. The number of H-pyrrole nitrogens is 1. The van der Waals surface area contributed by atoms with Crippen molar-refractivity contribution in [2.24, 2.45) is 5.41 Å². The van der Waals surface area contributed by atoms with Gasteiger partial charge in [-0.1, -0.05) is 32.0 Å². The number of rotatable bonds is 5. The van der Waals surface area contributed by atoms with Crippen molar-refractivity contribution in [2.75, 3.05) is 39.3 Å². The van der Waals surface area contributed by atoms with E-state index >= 15 is 0 Å². The lowest BCUT2D eigenvalue weighted by Crippen LogP contribution is -2.50. The second kappa shape index (κ2) is 8.67. The summed E-state index contributed by atoms with van der Waals surface area (Å²) in [5.41, 5.74) is 0.602. The number of hydrogen-bond donors (Lipinski definition) is 1. The topological polar surface area (TPSA) is 82.7 Å². The van der Waals surface area contributed by atoms with Crippen LogP contribution in [0.3, 0.4) is 0 Å². The molecule has 1 amide bonds. The first-order valence-electron chi connectivity index (χ1n) is 10.8. The van der Waals surface area contributed by atoms with Crippen molar-refractivity contribution in [3.05, 3.63) is 63.6 Å². The Balaban J connectivity index is 1.35. The Morgan fingerprint density at radius 3 is 2.48 bits per heavy atom. The highest BCUT2D eigenvalue weighted by Crippen LogP contribution is 2.33. The van der Waals surface area contributed by atoms with Gasteiger partial charge in [-0.15, -0.1) is 0 Å². The molecule has 4 rings (SSSR count). The van der Waals surface area contributed by atoms with Gasteiger partial charge in [0, 0.05) is 50.4 Å². The Morgan fingerprint density at radius 2 is 1.77 bits per heavy atom. The predicted molar refractivity (Wildman–Crippen MR) is 118 cm³/mol. The lowest BCUT2D eigenvalue weighted by Gasteiger charge is -2.35. The first-order chi connectivity index (χ1) is 14.8. The third-order valence-corrected chi connectivity index (χ3v) is 6.03. The molecule has 0 saturated carbocycles. The lowest BCUT2D eigenvalue weighted by atomic mass is 9.75. The molecule has 0 unspecified atom stereocenters. The number of aromatic amines is 1. The number of aromatic nitrogens is 1. The number of amides is 1. The van der Waals surface area contributed by atoms with Gasteiger partial charge in [0.25, 0.3) is 11.5 Å². The Morgan fingerprint density at radius 1 is 1.06 bits per heavy atom. The number of ketones is 1. The minimum Gasteiger partial charge on any atom is -0.492 e. The van der Waals surface area contributed by atoms with E-state index in [9.17, 15) is 14.4 Å². The fraction of sp³-hybridized carbons (Fsp3) is 0.458. The van der Waals surface area contributed by atoms with Crippen molar-refractivity contribution in [3.8, 4) is 5.75 Å². The van der Waals surface area contributed by atoms with Crippen molar-refractivity contribution in [1.82, 2.24) is 14.8 Å². The minimum absolute atomic E-state index is 0.0141. The second-order valence-electron chi connectivity index (χ2n) is 9.14. The van der Waals surface area contributed by atoms with E-state index in [1.54, 1.807) is 4.90 Å². The first-order valence-corrected chi connectivity index (χ1v) is 10.8. The van der Waals surface area contributed by atoms with Gasteiger partial charge < -0.3 is 14.6 Å². The summed E-state index contributed by atoms with van der Waals surface area (Å²) in [5.74, 6) is 0.530. The third-order valence-electron chi connectivity index (χ3n) is 6.03. The molecule has 1 saturated heterocycles. The Hall–Kier alpha value is -2.93. The molecule has 1 aliphatic carbocycles. The maximum atomic E-state index is 13.0. The van der Waals surface area contributed by atoms with Gasteiger partial charge in [-0.3, -0.25) is 19.3 Å². The van der Waals surface area contributed by atoms with Gasteiger partial charge in [-0.05, 0) is 30.0 Å². The summed E-state index contributed by atoms with van der Waals surface area (Å²) in [6.45, 7) is 7.91. The normalized spacial score (nSPS) is 18.5. The summed E-state index contributed by atoms with van der Waals surface area (Å²) in [5, 5.41) is 0. The number of benzene rings is 1. The van der Waals surface area contributed by atoms with Crippen LogP contribution in [0.15, 0.2) is 41.2 Å². The zero-order chi connectivity index (χ0) is 22.0. The number of carbonyl (C=O) groups is 2. The molecule has 164 valence electrons. The molecule has 7 nitrogen and oxygen atoms in total. The van der Waals surface area contributed by atoms with Gasteiger partial charge in [0.1, 0.15) is 17.9 Å². The molecule has 0 atom stereocenters. The summed E-state index contributed by atoms with van der Waals surface area (Å²) >= 11 is 0. The Labute approximate surface area is 182 Å². The molecule has 2 heterocycles. The predicted octanol–water partition coefficient (Wildman–Crippen LogP) is 2.37. The summed E-state index contributed by atoms with van der Waals surface area (Å²) in [4.78, 5) is 44.9. The molecule has 1 N–H and O–H groups in total. The van der Waals surface area contributed by atoms with Gasteiger partial charge >= 0.3 is 0 Å². The molecule has 2 aromatic rings.